The summed E-state index contributed by atoms with van der Waals surface area (Å²) in [4.78, 5) is 0. The summed E-state index contributed by atoms with van der Waals surface area (Å²) in [6, 6.07) is 7.89. The lowest BCUT2D eigenvalue weighted by molar-refractivity contribution is 0.320. The Bertz CT molecular complexity index is 431. The zero-order chi connectivity index (χ0) is 9.10. The summed E-state index contributed by atoms with van der Waals surface area (Å²) in [7, 11) is 0. The monoisotopic (exact) mass is 175 g/mol. The molecule has 1 aromatic heterocycles. The first-order valence-electron chi connectivity index (χ1n) is 4.03. The number of rotatable bonds is 2. The Morgan fingerprint density at radius 2 is 2.23 bits per heavy atom. The molecule has 1 N–H and O–H groups in total. The van der Waals surface area contributed by atoms with Gasteiger partial charge >= 0.3 is 0 Å². The van der Waals surface area contributed by atoms with Gasteiger partial charge in [-0.25, -0.2) is 0 Å². The summed E-state index contributed by atoms with van der Waals surface area (Å²) in [6.07, 6.45) is 3.63. The van der Waals surface area contributed by atoms with Gasteiger partial charge in [0.1, 0.15) is 5.76 Å². The number of furan rings is 1. The molecule has 0 saturated carbocycles. The summed E-state index contributed by atoms with van der Waals surface area (Å²) in [5.74, 6) is 0.827. The maximum atomic E-state index is 8.26. The topological polar surface area (TPSA) is 45.7 Å². The molecular weight excluding hydrogens is 166 g/mol. The zero-order valence-corrected chi connectivity index (χ0v) is 6.97. The molecular formula is C10H9NO2. The molecule has 0 bridgehead atoms. The highest BCUT2D eigenvalue weighted by atomic mass is 16.4. The first kappa shape index (κ1) is 7.86. The molecule has 2 aromatic rings. The van der Waals surface area contributed by atoms with Crippen molar-refractivity contribution < 1.29 is 9.62 Å². The number of benzene rings is 1. The Balaban J connectivity index is 2.45. The number of hydrogen-bond donors (Lipinski definition) is 1. The summed E-state index contributed by atoms with van der Waals surface area (Å²) >= 11 is 0. The Labute approximate surface area is 75.3 Å². The average molecular weight is 175 g/mol. The molecule has 0 amide bonds. The molecule has 13 heavy (non-hydrogen) atoms. The van der Waals surface area contributed by atoms with Crippen LogP contribution in [0.1, 0.15) is 5.76 Å². The Morgan fingerprint density at radius 3 is 3.08 bits per heavy atom. The number of nitrogens with zero attached hydrogens (tertiary/aromatic N) is 1. The van der Waals surface area contributed by atoms with Crippen LogP contribution in [0.3, 0.4) is 0 Å². The molecule has 0 unspecified atom stereocenters. The lowest BCUT2D eigenvalue weighted by atomic mass is 10.1. The minimum Gasteiger partial charge on any atom is -0.468 e. The Kier molecular flexibility index (Phi) is 2.00. The van der Waals surface area contributed by atoms with Crippen molar-refractivity contribution in [2.24, 2.45) is 5.16 Å². The zero-order valence-electron chi connectivity index (χ0n) is 6.97. The third-order valence-corrected chi connectivity index (χ3v) is 1.95. The fraction of sp³-hybridized carbons (Fsp3) is 0.100. The molecule has 1 aromatic carbocycles. The van der Waals surface area contributed by atoms with E-state index in [4.69, 9.17) is 9.62 Å². The minimum absolute atomic E-state index is 0.518. The molecule has 0 saturated heterocycles. The molecule has 2 rings (SSSR count). The van der Waals surface area contributed by atoms with Gasteiger partial charge in [0.05, 0.1) is 12.5 Å². The predicted octanol–water partition coefficient (Wildman–Crippen LogP) is 2.44. The minimum atomic E-state index is 0.518. The summed E-state index contributed by atoms with van der Waals surface area (Å²) in [5, 5.41) is 13.3. The standard InChI is InChI=1S/C10H9NO2/c12-11-6-5-10-9-4-2-1-3-8(9)7-13-10/h1-4,6-7,12H,5H2. The van der Waals surface area contributed by atoms with Crippen molar-refractivity contribution in [1.82, 2.24) is 0 Å². The highest BCUT2D eigenvalue weighted by Crippen LogP contribution is 2.20. The van der Waals surface area contributed by atoms with Crippen molar-refractivity contribution in [1.29, 1.82) is 0 Å². The number of hydrogen-bond acceptors (Lipinski definition) is 3. The predicted molar refractivity (Wildman–Crippen MR) is 50.2 cm³/mol. The van der Waals surface area contributed by atoms with Crippen molar-refractivity contribution in [2.45, 2.75) is 6.42 Å². The lowest BCUT2D eigenvalue weighted by Gasteiger charge is -1.89. The molecule has 0 aliphatic heterocycles. The highest BCUT2D eigenvalue weighted by molar-refractivity contribution is 5.85. The second-order valence-electron chi connectivity index (χ2n) is 2.75. The van der Waals surface area contributed by atoms with Gasteiger partial charge in [-0.15, -0.1) is 5.16 Å². The van der Waals surface area contributed by atoms with Crippen molar-refractivity contribution in [3.63, 3.8) is 0 Å². The summed E-state index contributed by atoms with van der Waals surface area (Å²) in [6.45, 7) is 0. The molecule has 0 fully saturated rings. The van der Waals surface area contributed by atoms with Gasteiger partial charge in [0.2, 0.25) is 0 Å². The third kappa shape index (κ3) is 1.40. The second kappa shape index (κ2) is 3.31. The van der Waals surface area contributed by atoms with E-state index in [1.165, 1.54) is 6.21 Å². The van der Waals surface area contributed by atoms with E-state index in [0.717, 1.165) is 16.5 Å². The Hall–Kier alpha value is -1.77. The molecule has 0 atom stereocenters. The molecule has 0 radical (unpaired) electrons. The van der Waals surface area contributed by atoms with Gasteiger partial charge in [-0.3, -0.25) is 0 Å². The maximum absolute atomic E-state index is 8.26. The van der Waals surface area contributed by atoms with Crippen LogP contribution in [0.25, 0.3) is 10.8 Å². The fourth-order valence-corrected chi connectivity index (χ4v) is 1.33. The largest absolute Gasteiger partial charge is 0.468 e. The maximum Gasteiger partial charge on any atom is 0.117 e. The van der Waals surface area contributed by atoms with Gasteiger partial charge in [-0.1, -0.05) is 24.3 Å². The van der Waals surface area contributed by atoms with E-state index in [9.17, 15) is 0 Å². The first-order valence-corrected chi connectivity index (χ1v) is 4.03. The molecule has 66 valence electrons. The molecule has 3 nitrogen and oxygen atoms in total. The van der Waals surface area contributed by atoms with Crippen LogP contribution in [-0.4, -0.2) is 11.4 Å². The summed E-state index contributed by atoms with van der Waals surface area (Å²) in [5.41, 5.74) is 0. The van der Waals surface area contributed by atoms with Crippen molar-refractivity contribution in [3.05, 3.63) is 36.3 Å². The van der Waals surface area contributed by atoms with E-state index >= 15 is 0 Å². The number of oxime groups is 1. The van der Waals surface area contributed by atoms with Crippen LogP contribution in [0.4, 0.5) is 0 Å². The summed E-state index contributed by atoms with van der Waals surface area (Å²) < 4.78 is 5.31. The van der Waals surface area contributed by atoms with Gasteiger partial charge in [0.15, 0.2) is 0 Å². The van der Waals surface area contributed by atoms with Crippen LogP contribution in [0, 0.1) is 0 Å². The van der Waals surface area contributed by atoms with Gasteiger partial charge in [-0.2, -0.15) is 0 Å². The van der Waals surface area contributed by atoms with E-state index in [1.807, 2.05) is 24.3 Å². The molecule has 0 spiro atoms. The highest BCUT2D eigenvalue weighted by Gasteiger charge is 2.02. The smallest absolute Gasteiger partial charge is 0.117 e. The van der Waals surface area contributed by atoms with Crippen LogP contribution in [0.2, 0.25) is 0 Å². The van der Waals surface area contributed by atoms with Crippen LogP contribution in [0.15, 0.2) is 40.1 Å². The molecule has 0 aliphatic carbocycles. The molecule has 0 aliphatic rings. The van der Waals surface area contributed by atoms with Gasteiger partial charge in [-0.05, 0) is 0 Å². The van der Waals surface area contributed by atoms with Crippen LogP contribution in [0.5, 0.6) is 0 Å². The van der Waals surface area contributed by atoms with E-state index in [0.29, 0.717) is 6.42 Å². The van der Waals surface area contributed by atoms with Crippen molar-refractivity contribution in [3.8, 4) is 0 Å². The van der Waals surface area contributed by atoms with Gasteiger partial charge in [0, 0.05) is 17.2 Å². The van der Waals surface area contributed by atoms with Gasteiger partial charge in [0.25, 0.3) is 0 Å². The Morgan fingerprint density at radius 1 is 1.38 bits per heavy atom. The quantitative estimate of drug-likeness (QED) is 0.433. The van der Waals surface area contributed by atoms with Crippen LogP contribution >= 0.6 is 0 Å². The van der Waals surface area contributed by atoms with Crippen LogP contribution < -0.4 is 0 Å². The van der Waals surface area contributed by atoms with E-state index in [-0.39, 0.29) is 0 Å². The number of fused-ring (bicyclic) bond motifs is 1. The van der Waals surface area contributed by atoms with Crippen LogP contribution in [-0.2, 0) is 6.42 Å². The van der Waals surface area contributed by atoms with Gasteiger partial charge < -0.3 is 9.62 Å². The SMILES string of the molecule is ON=CCc1occ2ccccc12. The lowest BCUT2D eigenvalue weighted by Crippen LogP contribution is -1.82. The molecule has 3 heteroatoms. The first-order chi connectivity index (χ1) is 6.42. The van der Waals surface area contributed by atoms with Crippen molar-refractivity contribution in [2.75, 3.05) is 0 Å². The normalized spacial score (nSPS) is 11.4. The second-order valence-corrected chi connectivity index (χ2v) is 2.75. The third-order valence-electron chi connectivity index (χ3n) is 1.95. The van der Waals surface area contributed by atoms with E-state index < -0.39 is 0 Å². The van der Waals surface area contributed by atoms with E-state index in [1.54, 1.807) is 6.26 Å². The van der Waals surface area contributed by atoms with E-state index in [2.05, 4.69) is 5.16 Å². The van der Waals surface area contributed by atoms with Crippen molar-refractivity contribution >= 4 is 17.0 Å². The fourth-order valence-electron chi connectivity index (χ4n) is 1.33. The average Bonchev–Trinajstić information content (AvgIpc) is 2.58. The molecule has 1 heterocycles.